The topological polar surface area (TPSA) is 114 Å². The molecule has 0 saturated carbocycles. The molecule has 5 aromatic rings. The molecule has 0 aliphatic heterocycles. The summed E-state index contributed by atoms with van der Waals surface area (Å²) < 4.78 is 42.6. The highest BCUT2D eigenvalue weighted by atomic mass is 19.1. The molecule has 0 bridgehead atoms. The van der Waals surface area contributed by atoms with Crippen molar-refractivity contribution < 1.29 is 47.3 Å². The van der Waals surface area contributed by atoms with Crippen LogP contribution in [-0.4, -0.2) is 30.5 Å². The van der Waals surface area contributed by atoms with Gasteiger partial charge in [-0.2, -0.15) is 0 Å². The van der Waals surface area contributed by atoms with Gasteiger partial charge in [0.15, 0.2) is 0 Å². The van der Waals surface area contributed by atoms with Crippen molar-refractivity contribution in [1.82, 2.24) is 0 Å². The highest BCUT2D eigenvalue weighted by molar-refractivity contribution is 5.95. The lowest BCUT2D eigenvalue weighted by atomic mass is 10.0. The Morgan fingerprint density at radius 1 is 0.492 bits per heavy atom. The molecule has 0 heterocycles. The van der Waals surface area contributed by atoms with Crippen molar-refractivity contribution in [2.75, 3.05) is 6.61 Å². The number of carbonyl (C=O) groups is 4. The van der Waals surface area contributed by atoms with Crippen LogP contribution < -0.4 is 23.7 Å². The van der Waals surface area contributed by atoms with Crippen LogP contribution in [0.1, 0.15) is 153 Å². The molecule has 9 nitrogen and oxygen atoms in total. The second kappa shape index (κ2) is 26.9. The minimum absolute atomic E-state index is 0.00312. The van der Waals surface area contributed by atoms with E-state index in [1.54, 1.807) is 25.1 Å². The third-order valence-corrected chi connectivity index (χ3v) is 10.8. The summed E-state index contributed by atoms with van der Waals surface area (Å²) in [6, 6.07) is 29.9. The average molecular weight is 885 g/mol. The SMILES string of the molecule is CCCCCCCCCCCCc1ccc(C(=O)Oc2ccc(C(=O)Oc3cccc(OC(=O)c4ccc(OC(=O)/C(C)=C/c5ccc(OCCCCCC)cc5)cc4F)c3)cc2)cc1. The molecule has 0 aliphatic carbocycles. The Labute approximate surface area is 382 Å². The molecule has 0 fully saturated rings. The van der Waals surface area contributed by atoms with E-state index in [0.29, 0.717) is 12.2 Å². The fourth-order valence-corrected chi connectivity index (χ4v) is 6.98. The average Bonchev–Trinajstić information content (AvgIpc) is 3.30. The minimum Gasteiger partial charge on any atom is -0.494 e. The first-order valence-corrected chi connectivity index (χ1v) is 23.0. The van der Waals surface area contributed by atoms with E-state index in [9.17, 15) is 19.2 Å². The van der Waals surface area contributed by atoms with Crippen LogP contribution in [0.25, 0.3) is 6.08 Å². The van der Waals surface area contributed by atoms with Crippen LogP contribution in [0.15, 0.2) is 121 Å². The molecule has 0 saturated heterocycles. The third kappa shape index (κ3) is 17.2. The van der Waals surface area contributed by atoms with E-state index in [2.05, 4.69) is 13.8 Å². The Morgan fingerprint density at radius 2 is 0.985 bits per heavy atom. The van der Waals surface area contributed by atoms with Crippen molar-refractivity contribution in [3.63, 3.8) is 0 Å². The highest BCUT2D eigenvalue weighted by Crippen LogP contribution is 2.25. The predicted octanol–water partition coefficient (Wildman–Crippen LogP) is 13.9. The number of carbonyl (C=O) groups excluding carboxylic acids is 4. The van der Waals surface area contributed by atoms with Crippen molar-refractivity contribution >= 4 is 30.0 Å². The van der Waals surface area contributed by atoms with Gasteiger partial charge in [0.2, 0.25) is 0 Å². The van der Waals surface area contributed by atoms with Crippen LogP contribution in [0, 0.1) is 5.82 Å². The lowest BCUT2D eigenvalue weighted by molar-refractivity contribution is -0.130. The number of esters is 4. The summed E-state index contributed by atoms with van der Waals surface area (Å²) in [6.07, 6.45) is 20.0. The van der Waals surface area contributed by atoms with E-state index in [0.717, 1.165) is 55.5 Å². The van der Waals surface area contributed by atoms with E-state index in [4.69, 9.17) is 23.7 Å². The summed E-state index contributed by atoms with van der Waals surface area (Å²) in [6.45, 7) is 6.64. The van der Waals surface area contributed by atoms with Crippen LogP contribution in [0.4, 0.5) is 4.39 Å². The van der Waals surface area contributed by atoms with Crippen molar-refractivity contribution in [3.8, 4) is 28.7 Å². The molecule has 0 aromatic heterocycles. The second-order valence-corrected chi connectivity index (χ2v) is 16.1. The number of ether oxygens (including phenoxy) is 5. The van der Waals surface area contributed by atoms with Crippen molar-refractivity contribution in [2.45, 2.75) is 117 Å². The van der Waals surface area contributed by atoms with Gasteiger partial charge in [-0.05, 0) is 116 Å². The second-order valence-electron chi connectivity index (χ2n) is 16.1. The Balaban J connectivity index is 1.04. The quantitative estimate of drug-likeness (QED) is 0.0232. The zero-order valence-electron chi connectivity index (χ0n) is 37.9. The highest BCUT2D eigenvalue weighted by Gasteiger charge is 2.18. The molecular weight excluding hydrogens is 824 g/mol. The van der Waals surface area contributed by atoms with Gasteiger partial charge in [-0.3, -0.25) is 0 Å². The number of hydrogen-bond donors (Lipinski definition) is 0. The number of benzene rings is 5. The number of hydrogen-bond acceptors (Lipinski definition) is 9. The van der Waals surface area contributed by atoms with Gasteiger partial charge < -0.3 is 23.7 Å². The molecule has 0 unspecified atom stereocenters. The fraction of sp³-hybridized carbons (Fsp3) is 0.345. The summed E-state index contributed by atoms with van der Waals surface area (Å²) in [7, 11) is 0. The number of unbranched alkanes of at least 4 members (excludes halogenated alkanes) is 12. The first kappa shape index (κ1) is 49.5. The van der Waals surface area contributed by atoms with Gasteiger partial charge in [0.25, 0.3) is 0 Å². The molecular formula is C55H61FO9. The van der Waals surface area contributed by atoms with Gasteiger partial charge in [0.1, 0.15) is 34.6 Å². The number of halogens is 1. The summed E-state index contributed by atoms with van der Waals surface area (Å²) in [5.41, 5.74) is 2.45. The molecule has 65 heavy (non-hydrogen) atoms. The lowest BCUT2D eigenvalue weighted by Crippen LogP contribution is -2.13. The Hall–Kier alpha value is -6.55. The monoisotopic (exact) mass is 884 g/mol. The van der Waals surface area contributed by atoms with Crippen molar-refractivity contribution in [2.24, 2.45) is 0 Å². The van der Waals surface area contributed by atoms with Gasteiger partial charge in [-0.15, -0.1) is 0 Å². The smallest absolute Gasteiger partial charge is 0.346 e. The van der Waals surface area contributed by atoms with Crippen LogP contribution in [0.2, 0.25) is 0 Å². The van der Waals surface area contributed by atoms with E-state index in [1.807, 2.05) is 36.4 Å². The van der Waals surface area contributed by atoms with Crippen LogP contribution in [0.5, 0.6) is 28.7 Å². The maximum absolute atomic E-state index is 15.1. The van der Waals surface area contributed by atoms with Crippen LogP contribution >= 0.6 is 0 Å². The molecule has 10 heteroatoms. The molecule has 0 amide bonds. The van der Waals surface area contributed by atoms with Crippen LogP contribution in [-0.2, 0) is 11.2 Å². The molecule has 0 radical (unpaired) electrons. The first-order valence-electron chi connectivity index (χ1n) is 23.0. The van der Waals surface area contributed by atoms with Gasteiger partial charge in [0, 0.05) is 17.7 Å². The molecule has 0 spiro atoms. The normalized spacial score (nSPS) is 11.2. The first-order chi connectivity index (χ1) is 31.6. The van der Waals surface area contributed by atoms with Gasteiger partial charge in [-0.1, -0.05) is 121 Å². The zero-order chi connectivity index (χ0) is 46.2. The molecule has 0 aliphatic rings. The summed E-state index contributed by atoms with van der Waals surface area (Å²) in [5, 5.41) is 0. The maximum Gasteiger partial charge on any atom is 0.346 e. The Kier molecular flexibility index (Phi) is 20.5. The maximum atomic E-state index is 15.1. The molecule has 342 valence electrons. The van der Waals surface area contributed by atoms with Gasteiger partial charge in [-0.25, -0.2) is 23.6 Å². The van der Waals surface area contributed by atoms with E-state index in [1.165, 1.54) is 124 Å². The van der Waals surface area contributed by atoms with E-state index < -0.39 is 35.3 Å². The lowest BCUT2D eigenvalue weighted by Gasteiger charge is -2.10. The molecule has 0 atom stereocenters. The zero-order valence-corrected chi connectivity index (χ0v) is 37.9. The largest absolute Gasteiger partial charge is 0.494 e. The van der Waals surface area contributed by atoms with Gasteiger partial charge in [0.05, 0.1) is 23.3 Å². The Bertz CT molecular complexity index is 2320. The Morgan fingerprint density at radius 3 is 1.58 bits per heavy atom. The predicted molar refractivity (Wildman–Crippen MR) is 252 cm³/mol. The van der Waals surface area contributed by atoms with Crippen LogP contribution in [0.3, 0.4) is 0 Å². The summed E-state index contributed by atoms with van der Waals surface area (Å²) in [4.78, 5) is 51.5. The number of aryl methyl sites for hydroxylation is 1. The summed E-state index contributed by atoms with van der Waals surface area (Å²) >= 11 is 0. The minimum atomic E-state index is -1.02. The number of rotatable bonds is 26. The summed E-state index contributed by atoms with van der Waals surface area (Å²) in [5.74, 6) is -2.90. The molecule has 5 rings (SSSR count). The van der Waals surface area contributed by atoms with E-state index in [-0.39, 0.29) is 34.1 Å². The van der Waals surface area contributed by atoms with E-state index >= 15 is 4.39 Å². The van der Waals surface area contributed by atoms with Crippen molar-refractivity contribution in [1.29, 1.82) is 0 Å². The molecule has 0 N–H and O–H groups in total. The van der Waals surface area contributed by atoms with Gasteiger partial charge >= 0.3 is 23.9 Å². The third-order valence-electron chi connectivity index (χ3n) is 10.8. The molecule has 5 aromatic carbocycles. The fourth-order valence-electron chi connectivity index (χ4n) is 6.98. The van der Waals surface area contributed by atoms with Crippen molar-refractivity contribution in [3.05, 3.63) is 154 Å². The standard InChI is InChI=1S/C55H61FO9/c1-4-6-8-10-11-12-13-14-15-16-19-41-22-26-43(27-23-41)53(58)62-46-32-28-44(29-33-46)54(59)64-47-20-18-21-48(38-47)65-55(60)50-35-34-49(39-51(50)56)63-52(57)40(3)37-42-24-30-45(31-25-42)61-36-17-9-7-5-2/h18,20-35,37-39H,4-17,19,36H2,1-3H3/b40-37+.